The van der Waals surface area contributed by atoms with Crippen LogP contribution in [0, 0.1) is 6.92 Å². The largest absolute Gasteiger partial charge is 0.387 e. The van der Waals surface area contributed by atoms with E-state index >= 15 is 0 Å². The second kappa shape index (κ2) is 2.95. The third-order valence-corrected chi connectivity index (χ3v) is 2.66. The monoisotopic (exact) mass is 218 g/mol. The minimum atomic E-state index is -0.510. The maximum atomic E-state index is 9.24. The van der Waals surface area contributed by atoms with Crippen LogP contribution in [0.5, 0.6) is 0 Å². The molecule has 0 radical (unpaired) electrons. The summed E-state index contributed by atoms with van der Waals surface area (Å²) in [7, 11) is 1.85. The van der Waals surface area contributed by atoms with E-state index in [1.54, 1.807) is 11.6 Å². The Bertz CT molecular complexity index is 268. The molecule has 3 nitrogen and oxygen atoms in total. The first kappa shape index (κ1) is 8.74. The first-order valence-corrected chi connectivity index (χ1v) is 4.20. The molecule has 4 heteroatoms. The van der Waals surface area contributed by atoms with Crippen LogP contribution in [-0.4, -0.2) is 14.9 Å². The van der Waals surface area contributed by atoms with Gasteiger partial charge in [-0.15, -0.1) is 0 Å². The van der Waals surface area contributed by atoms with Crippen LogP contribution in [0.4, 0.5) is 0 Å². The first-order valence-electron chi connectivity index (χ1n) is 3.41. The van der Waals surface area contributed by atoms with E-state index in [2.05, 4.69) is 21.0 Å². The van der Waals surface area contributed by atoms with Gasteiger partial charge in [0.1, 0.15) is 5.69 Å². The molecule has 0 aliphatic carbocycles. The Kier molecular flexibility index (Phi) is 2.34. The van der Waals surface area contributed by atoms with Gasteiger partial charge in [0.2, 0.25) is 0 Å². The van der Waals surface area contributed by atoms with Gasteiger partial charge < -0.3 is 5.11 Å². The third kappa shape index (κ3) is 1.46. The first-order chi connectivity index (χ1) is 5.04. The van der Waals surface area contributed by atoms with E-state index in [1.807, 2.05) is 14.0 Å². The molecule has 0 amide bonds. The predicted molar refractivity (Wildman–Crippen MR) is 46.3 cm³/mol. The van der Waals surface area contributed by atoms with Gasteiger partial charge in [-0.05, 0) is 29.8 Å². The van der Waals surface area contributed by atoms with E-state index in [-0.39, 0.29) is 0 Å². The SMILES string of the molecule is Cc1c(Br)c(C(C)O)nn1C. The molecule has 0 bridgehead atoms. The van der Waals surface area contributed by atoms with E-state index in [4.69, 9.17) is 0 Å². The van der Waals surface area contributed by atoms with Gasteiger partial charge in [0.15, 0.2) is 0 Å². The van der Waals surface area contributed by atoms with Gasteiger partial charge in [-0.3, -0.25) is 4.68 Å². The van der Waals surface area contributed by atoms with Crippen molar-refractivity contribution >= 4 is 15.9 Å². The number of halogens is 1. The topological polar surface area (TPSA) is 38.1 Å². The van der Waals surface area contributed by atoms with Crippen molar-refractivity contribution in [3.8, 4) is 0 Å². The number of hydrogen-bond acceptors (Lipinski definition) is 2. The van der Waals surface area contributed by atoms with Crippen LogP contribution in [0.2, 0.25) is 0 Å². The molecule has 62 valence electrons. The molecule has 0 aromatic carbocycles. The minimum absolute atomic E-state index is 0.510. The summed E-state index contributed by atoms with van der Waals surface area (Å²) in [6, 6.07) is 0. The summed E-state index contributed by atoms with van der Waals surface area (Å²) >= 11 is 3.36. The number of hydrogen-bond donors (Lipinski definition) is 1. The van der Waals surface area contributed by atoms with E-state index in [1.165, 1.54) is 0 Å². The van der Waals surface area contributed by atoms with Crippen molar-refractivity contribution in [2.75, 3.05) is 0 Å². The zero-order chi connectivity index (χ0) is 8.59. The fourth-order valence-electron chi connectivity index (χ4n) is 0.875. The van der Waals surface area contributed by atoms with Crippen molar-refractivity contribution in [1.82, 2.24) is 9.78 Å². The zero-order valence-electron chi connectivity index (χ0n) is 6.80. The van der Waals surface area contributed by atoms with Gasteiger partial charge in [-0.1, -0.05) is 0 Å². The Labute approximate surface area is 74.2 Å². The van der Waals surface area contributed by atoms with E-state index in [0.29, 0.717) is 5.69 Å². The molecular weight excluding hydrogens is 208 g/mol. The fourth-order valence-corrected chi connectivity index (χ4v) is 1.54. The average Bonchev–Trinajstić information content (AvgIpc) is 2.17. The molecule has 0 saturated heterocycles. The molecular formula is C7H11BrN2O. The molecule has 1 aromatic rings. The van der Waals surface area contributed by atoms with Crippen LogP contribution in [0.25, 0.3) is 0 Å². The summed E-state index contributed by atoms with van der Waals surface area (Å²) < 4.78 is 2.64. The summed E-state index contributed by atoms with van der Waals surface area (Å²) in [5.74, 6) is 0. The van der Waals surface area contributed by atoms with E-state index in [0.717, 1.165) is 10.2 Å². The van der Waals surface area contributed by atoms with Crippen LogP contribution in [0.1, 0.15) is 24.4 Å². The molecule has 1 rings (SSSR count). The number of aliphatic hydroxyl groups is 1. The highest BCUT2D eigenvalue weighted by Gasteiger charge is 2.13. The number of nitrogens with zero attached hydrogens (tertiary/aromatic N) is 2. The summed E-state index contributed by atoms with van der Waals surface area (Å²) in [4.78, 5) is 0. The maximum Gasteiger partial charge on any atom is 0.105 e. The summed E-state index contributed by atoms with van der Waals surface area (Å²) in [6.07, 6.45) is -0.510. The highest BCUT2D eigenvalue weighted by molar-refractivity contribution is 9.10. The predicted octanol–water partition coefficient (Wildman–Crippen LogP) is 1.54. The maximum absolute atomic E-state index is 9.24. The highest BCUT2D eigenvalue weighted by Crippen LogP contribution is 2.24. The van der Waals surface area contributed by atoms with Crippen molar-refractivity contribution in [3.63, 3.8) is 0 Å². The Morgan fingerprint density at radius 1 is 1.64 bits per heavy atom. The molecule has 0 fully saturated rings. The molecule has 0 saturated carbocycles. The fraction of sp³-hybridized carbons (Fsp3) is 0.571. The lowest BCUT2D eigenvalue weighted by atomic mass is 10.3. The number of aryl methyl sites for hydroxylation is 1. The normalized spacial score (nSPS) is 13.5. The lowest BCUT2D eigenvalue weighted by Gasteiger charge is -1.97. The van der Waals surface area contributed by atoms with Gasteiger partial charge in [0.05, 0.1) is 10.6 Å². The molecule has 0 spiro atoms. The molecule has 1 heterocycles. The Morgan fingerprint density at radius 2 is 2.18 bits per heavy atom. The standard InChI is InChI=1S/C7H11BrN2O/c1-4-6(8)7(5(2)11)9-10(4)3/h5,11H,1-3H3. The van der Waals surface area contributed by atoms with E-state index < -0.39 is 6.10 Å². The highest BCUT2D eigenvalue weighted by atomic mass is 79.9. The smallest absolute Gasteiger partial charge is 0.105 e. The summed E-state index contributed by atoms with van der Waals surface area (Å²) in [5, 5.41) is 13.4. The van der Waals surface area contributed by atoms with Crippen molar-refractivity contribution in [2.45, 2.75) is 20.0 Å². The summed E-state index contributed by atoms with van der Waals surface area (Å²) in [5.41, 5.74) is 1.73. The lowest BCUT2D eigenvalue weighted by molar-refractivity contribution is 0.192. The molecule has 0 aliphatic heterocycles. The van der Waals surface area contributed by atoms with Crippen LogP contribution in [0.15, 0.2) is 4.47 Å². The quantitative estimate of drug-likeness (QED) is 0.777. The average molecular weight is 219 g/mol. The van der Waals surface area contributed by atoms with Gasteiger partial charge in [-0.2, -0.15) is 5.10 Å². The van der Waals surface area contributed by atoms with Crippen LogP contribution >= 0.6 is 15.9 Å². The second-order valence-electron chi connectivity index (χ2n) is 2.58. The lowest BCUT2D eigenvalue weighted by Crippen LogP contribution is -1.96. The molecule has 1 aromatic heterocycles. The molecule has 1 atom stereocenters. The Balaban J connectivity index is 3.19. The second-order valence-corrected chi connectivity index (χ2v) is 3.38. The number of rotatable bonds is 1. The molecule has 1 unspecified atom stereocenters. The third-order valence-electron chi connectivity index (χ3n) is 1.68. The van der Waals surface area contributed by atoms with E-state index in [9.17, 15) is 5.11 Å². The van der Waals surface area contributed by atoms with Crippen LogP contribution in [0.3, 0.4) is 0 Å². The molecule has 0 aliphatic rings. The minimum Gasteiger partial charge on any atom is -0.387 e. The number of aromatic nitrogens is 2. The van der Waals surface area contributed by atoms with Crippen LogP contribution in [-0.2, 0) is 7.05 Å². The summed E-state index contributed by atoms with van der Waals surface area (Å²) in [6.45, 7) is 3.65. The van der Waals surface area contributed by atoms with Gasteiger partial charge >= 0.3 is 0 Å². The number of aliphatic hydroxyl groups excluding tert-OH is 1. The van der Waals surface area contributed by atoms with Crippen molar-refractivity contribution < 1.29 is 5.11 Å². The van der Waals surface area contributed by atoms with Gasteiger partial charge in [-0.25, -0.2) is 0 Å². The van der Waals surface area contributed by atoms with Gasteiger partial charge in [0.25, 0.3) is 0 Å². The molecule has 1 N–H and O–H groups in total. The Hall–Kier alpha value is -0.350. The molecule has 11 heavy (non-hydrogen) atoms. The van der Waals surface area contributed by atoms with Gasteiger partial charge in [0, 0.05) is 12.7 Å². The van der Waals surface area contributed by atoms with Crippen molar-refractivity contribution in [2.24, 2.45) is 7.05 Å². The Morgan fingerprint density at radius 3 is 2.36 bits per heavy atom. The van der Waals surface area contributed by atoms with Crippen molar-refractivity contribution in [1.29, 1.82) is 0 Å². The van der Waals surface area contributed by atoms with Crippen molar-refractivity contribution in [3.05, 3.63) is 15.9 Å². The van der Waals surface area contributed by atoms with Crippen LogP contribution < -0.4 is 0 Å². The zero-order valence-corrected chi connectivity index (χ0v) is 8.38.